The third kappa shape index (κ3) is 3.98. The van der Waals surface area contributed by atoms with Crippen molar-refractivity contribution in [2.45, 2.75) is 46.3 Å². The number of rotatable bonds is 8. The molecule has 1 atom stereocenters. The zero-order valence-electron chi connectivity index (χ0n) is 13.5. The van der Waals surface area contributed by atoms with Gasteiger partial charge in [-0.1, -0.05) is 6.92 Å². The smallest absolute Gasteiger partial charge is 0.160 e. The lowest BCUT2D eigenvalue weighted by molar-refractivity contribution is -0.00928. The first-order valence-electron chi connectivity index (χ1n) is 7.08. The van der Waals surface area contributed by atoms with Gasteiger partial charge in [-0.15, -0.1) is 0 Å². The summed E-state index contributed by atoms with van der Waals surface area (Å²) in [6.45, 7) is 10.4. The average molecular weight is 281 g/mol. The van der Waals surface area contributed by atoms with Crippen molar-refractivity contribution in [3.05, 3.63) is 22.8 Å². The molecular weight excluding hydrogens is 254 g/mol. The van der Waals surface area contributed by atoms with Crippen LogP contribution in [0.4, 0.5) is 0 Å². The molecule has 0 aliphatic heterocycles. The van der Waals surface area contributed by atoms with E-state index in [1.165, 1.54) is 0 Å². The van der Waals surface area contributed by atoms with Gasteiger partial charge in [-0.3, -0.25) is 0 Å². The van der Waals surface area contributed by atoms with E-state index in [9.17, 15) is 0 Å². The first kappa shape index (κ1) is 17.0. The fourth-order valence-corrected chi connectivity index (χ4v) is 2.01. The maximum Gasteiger partial charge on any atom is 0.160 e. The van der Waals surface area contributed by atoms with Crippen LogP contribution in [0.15, 0.2) is 0 Å². The summed E-state index contributed by atoms with van der Waals surface area (Å²) in [7, 11) is 3.41. The van der Waals surface area contributed by atoms with Crippen LogP contribution in [-0.2, 0) is 21.6 Å². The Kier molecular flexibility index (Phi) is 6.52. The molecule has 0 amide bonds. The lowest BCUT2D eigenvalue weighted by atomic mass is 10.0. The minimum Gasteiger partial charge on any atom is -0.383 e. The summed E-state index contributed by atoms with van der Waals surface area (Å²) in [5, 5.41) is 3.33. The molecule has 114 valence electrons. The molecular formula is C15H27N3O2. The summed E-state index contributed by atoms with van der Waals surface area (Å²) < 4.78 is 10.6. The maximum absolute atomic E-state index is 5.58. The highest BCUT2D eigenvalue weighted by Gasteiger charge is 2.28. The predicted molar refractivity (Wildman–Crippen MR) is 79.7 cm³/mol. The van der Waals surface area contributed by atoms with E-state index < -0.39 is 5.60 Å². The van der Waals surface area contributed by atoms with Gasteiger partial charge in [0.2, 0.25) is 0 Å². The Morgan fingerprint density at radius 3 is 2.20 bits per heavy atom. The van der Waals surface area contributed by atoms with Gasteiger partial charge >= 0.3 is 0 Å². The van der Waals surface area contributed by atoms with Crippen LogP contribution in [0, 0.1) is 13.8 Å². The molecule has 0 saturated heterocycles. The van der Waals surface area contributed by atoms with Gasteiger partial charge in [0.05, 0.1) is 6.61 Å². The molecule has 1 aromatic rings. The van der Waals surface area contributed by atoms with E-state index in [0.29, 0.717) is 6.61 Å². The number of aryl methyl sites for hydroxylation is 2. The molecule has 20 heavy (non-hydrogen) atoms. The van der Waals surface area contributed by atoms with E-state index in [2.05, 4.69) is 22.2 Å². The van der Waals surface area contributed by atoms with Gasteiger partial charge < -0.3 is 14.8 Å². The highest BCUT2D eigenvalue weighted by atomic mass is 16.5. The van der Waals surface area contributed by atoms with E-state index in [1.807, 2.05) is 20.8 Å². The molecule has 0 saturated carbocycles. The largest absolute Gasteiger partial charge is 0.383 e. The normalized spacial score (nSPS) is 14.3. The molecule has 1 unspecified atom stereocenters. The van der Waals surface area contributed by atoms with Crippen molar-refractivity contribution in [3.8, 4) is 0 Å². The van der Waals surface area contributed by atoms with Crippen molar-refractivity contribution in [3.63, 3.8) is 0 Å². The third-order valence-electron chi connectivity index (χ3n) is 3.80. The van der Waals surface area contributed by atoms with E-state index in [0.717, 1.165) is 42.3 Å². The van der Waals surface area contributed by atoms with Crippen molar-refractivity contribution in [1.82, 2.24) is 15.3 Å². The van der Waals surface area contributed by atoms with Crippen LogP contribution in [0.1, 0.15) is 43.0 Å². The fourth-order valence-electron chi connectivity index (χ4n) is 2.01. The van der Waals surface area contributed by atoms with Crippen molar-refractivity contribution in [2.24, 2.45) is 0 Å². The number of nitrogens with zero attached hydrogens (tertiary/aromatic N) is 2. The van der Waals surface area contributed by atoms with E-state index in [-0.39, 0.29) is 0 Å². The lowest BCUT2D eigenvalue weighted by Crippen LogP contribution is -2.28. The Bertz CT molecular complexity index is 408. The zero-order valence-corrected chi connectivity index (χ0v) is 13.5. The SMILES string of the molecule is CCC(C)(OC)c1nc(C)c(CNCCOC)c(C)n1. The first-order chi connectivity index (χ1) is 9.48. The third-order valence-corrected chi connectivity index (χ3v) is 3.80. The number of hydrogen-bond acceptors (Lipinski definition) is 5. The van der Waals surface area contributed by atoms with Crippen molar-refractivity contribution >= 4 is 0 Å². The van der Waals surface area contributed by atoms with Crippen LogP contribution in [-0.4, -0.2) is 37.3 Å². The first-order valence-corrected chi connectivity index (χ1v) is 7.08. The lowest BCUT2D eigenvalue weighted by Gasteiger charge is -2.26. The Balaban J connectivity index is 2.91. The van der Waals surface area contributed by atoms with Gasteiger partial charge in [-0.05, 0) is 27.2 Å². The summed E-state index contributed by atoms with van der Waals surface area (Å²) in [6, 6.07) is 0. The van der Waals surface area contributed by atoms with Gasteiger partial charge in [0.15, 0.2) is 5.82 Å². The molecule has 0 aliphatic carbocycles. The number of methoxy groups -OCH3 is 2. The molecule has 0 bridgehead atoms. The number of hydrogen-bond donors (Lipinski definition) is 1. The molecule has 1 heterocycles. The Morgan fingerprint density at radius 2 is 1.75 bits per heavy atom. The van der Waals surface area contributed by atoms with E-state index in [4.69, 9.17) is 9.47 Å². The minimum absolute atomic E-state index is 0.419. The molecule has 1 N–H and O–H groups in total. The minimum atomic E-state index is -0.419. The molecule has 1 aromatic heterocycles. The van der Waals surface area contributed by atoms with Crippen molar-refractivity contribution in [2.75, 3.05) is 27.4 Å². The zero-order chi connectivity index (χ0) is 15.2. The van der Waals surface area contributed by atoms with E-state index >= 15 is 0 Å². The van der Waals surface area contributed by atoms with Crippen LogP contribution in [0.2, 0.25) is 0 Å². The van der Waals surface area contributed by atoms with E-state index in [1.54, 1.807) is 14.2 Å². The highest BCUT2D eigenvalue weighted by molar-refractivity contribution is 5.25. The molecule has 0 aromatic carbocycles. The van der Waals surface area contributed by atoms with Crippen molar-refractivity contribution < 1.29 is 9.47 Å². The molecule has 0 fully saturated rings. The molecule has 1 rings (SSSR count). The molecule has 5 heteroatoms. The predicted octanol–water partition coefficient (Wildman–Crippen LogP) is 2.10. The van der Waals surface area contributed by atoms with Gasteiger partial charge in [-0.2, -0.15) is 0 Å². The topological polar surface area (TPSA) is 56.3 Å². The Labute approximate surface area is 122 Å². The summed E-state index contributed by atoms with van der Waals surface area (Å²) in [6.07, 6.45) is 0.841. The summed E-state index contributed by atoms with van der Waals surface area (Å²) in [5.41, 5.74) is 2.75. The number of aromatic nitrogens is 2. The quantitative estimate of drug-likeness (QED) is 0.740. The number of nitrogens with one attached hydrogen (secondary N) is 1. The van der Waals surface area contributed by atoms with Gasteiger partial charge in [0, 0.05) is 44.3 Å². The molecule has 0 radical (unpaired) electrons. The number of ether oxygens (including phenoxy) is 2. The monoisotopic (exact) mass is 281 g/mol. The van der Waals surface area contributed by atoms with Gasteiger partial charge in [0.25, 0.3) is 0 Å². The summed E-state index contributed by atoms with van der Waals surface area (Å²) in [5.74, 6) is 0.762. The second-order valence-electron chi connectivity index (χ2n) is 5.15. The van der Waals surface area contributed by atoms with Crippen molar-refractivity contribution in [1.29, 1.82) is 0 Å². The maximum atomic E-state index is 5.58. The Morgan fingerprint density at radius 1 is 1.15 bits per heavy atom. The standard InChI is InChI=1S/C15H27N3O2/c1-7-15(4,20-6)14-17-11(2)13(12(3)18-14)10-16-8-9-19-5/h16H,7-10H2,1-6H3. The second kappa shape index (κ2) is 7.67. The fraction of sp³-hybridized carbons (Fsp3) is 0.733. The Hall–Kier alpha value is -1.04. The highest BCUT2D eigenvalue weighted by Crippen LogP contribution is 2.26. The average Bonchev–Trinajstić information content (AvgIpc) is 2.44. The van der Waals surface area contributed by atoms with Crippen LogP contribution in [0.5, 0.6) is 0 Å². The summed E-state index contributed by atoms with van der Waals surface area (Å²) in [4.78, 5) is 9.28. The molecule has 0 spiro atoms. The molecule has 0 aliphatic rings. The molecule has 5 nitrogen and oxygen atoms in total. The van der Waals surface area contributed by atoms with Crippen LogP contribution in [0.25, 0.3) is 0 Å². The summed E-state index contributed by atoms with van der Waals surface area (Å²) >= 11 is 0. The van der Waals surface area contributed by atoms with Gasteiger partial charge in [0.1, 0.15) is 5.60 Å². The van der Waals surface area contributed by atoms with Crippen LogP contribution < -0.4 is 5.32 Å². The van der Waals surface area contributed by atoms with Crippen LogP contribution >= 0.6 is 0 Å². The van der Waals surface area contributed by atoms with Crippen LogP contribution in [0.3, 0.4) is 0 Å². The second-order valence-corrected chi connectivity index (χ2v) is 5.15. The van der Waals surface area contributed by atoms with Gasteiger partial charge in [-0.25, -0.2) is 9.97 Å².